The van der Waals surface area contributed by atoms with Crippen LogP contribution in [0.5, 0.6) is 0 Å². The molecule has 4 rings (SSSR count). The highest BCUT2D eigenvalue weighted by Gasteiger charge is 2.18. The van der Waals surface area contributed by atoms with Crippen LogP contribution in [0, 0.1) is 11.3 Å². The van der Waals surface area contributed by atoms with Gasteiger partial charge in [0, 0.05) is 24.4 Å². The maximum atomic E-state index is 8.94. The van der Waals surface area contributed by atoms with Crippen LogP contribution in [0.25, 0.3) is 22.1 Å². The van der Waals surface area contributed by atoms with Gasteiger partial charge in [-0.15, -0.1) is 0 Å². The first kappa shape index (κ1) is 16.9. The highest BCUT2D eigenvalue weighted by Crippen LogP contribution is 2.27. The zero-order valence-corrected chi connectivity index (χ0v) is 15.2. The number of hydrogen-bond acceptors (Lipinski definition) is 3. The molecule has 0 bridgehead atoms. The van der Waals surface area contributed by atoms with Crippen LogP contribution in [-0.2, 0) is 6.42 Å². The van der Waals surface area contributed by atoms with Crippen molar-refractivity contribution in [1.29, 1.82) is 5.26 Å². The second kappa shape index (κ2) is 7.35. The average molecular weight is 344 g/mol. The van der Waals surface area contributed by atoms with Crippen LogP contribution < -0.4 is 0 Å². The van der Waals surface area contributed by atoms with Gasteiger partial charge in [0.2, 0.25) is 0 Å². The highest BCUT2D eigenvalue weighted by atomic mass is 16.3. The van der Waals surface area contributed by atoms with Crippen molar-refractivity contribution in [2.24, 2.45) is 0 Å². The summed E-state index contributed by atoms with van der Waals surface area (Å²) in [5.74, 6) is 1.06. The first-order valence-electron chi connectivity index (χ1n) is 9.50. The summed E-state index contributed by atoms with van der Waals surface area (Å²) in [6, 6.07) is 19.1. The molecule has 1 unspecified atom stereocenters. The molecule has 3 aromatic rings. The number of nitriles is 1. The molecule has 1 aliphatic rings. The van der Waals surface area contributed by atoms with Gasteiger partial charge in [0.05, 0.1) is 11.6 Å². The normalized spacial score (nSPS) is 18.1. The Kier molecular flexibility index (Phi) is 4.77. The monoisotopic (exact) mass is 344 g/mol. The number of rotatable bonds is 4. The number of furan rings is 1. The molecule has 0 N–H and O–H groups in total. The quantitative estimate of drug-likeness (QED) is 0.637. The third-order valence-electron chi connectivity index (χ3n) is 5.50. The average Bonchev–Trinajstić information content (AvgIpc) is 3.09. The summed E-state index contributed by atoms with van der Waals surface area (Å²) >= 11 is 0. The summed E-state index contributed by atoms with van der Waals surface area (Å²) in [7, 11) is 0. The summed E-state index contributed by atoms with van der Waals surface area (Å²) in [4.78, 5) is 2.58. The minimum atomic E-state index is 0.682. The molecule has 1 aromatic heterocycles. The molecule has 1 fully saturated rings. The molecule has 0 spiro atoms. The molecule has 2 aromatic carbocycles. The summed E-state index contributed by atoms with van der Waals surface area (Å²) in [5, 5.41) is 10.1. The first-order chi connectivity index (χ1) is 12.7. The van der Waals surface area contributed by atoms with E-state index < -0.39 is 0 Å². The Morgan fingerprint density at radius 1 is 1.08 bits per heavy atom. The second-order valence-corrected chi connectivity index (χ2v) is 7.29. The molecule has 3 heteroatoms. The SMILES string of the molecule is CC1CCCCN1CCc1cc2ccc(-c3ccc(C#N)cc3)cc2o1. The predicted molar refractivity (Wildman–Crippen MR) is 105 cm³/mol. The summed E-state index contributed by atoms with van der Waals surface area (Å²) in [6.45, 7) is 4.62. The number of piperidine rings is 1. The molecule has 0 amide bonds. The van der Waals surface area contributed by atoms with E-state index in [0.717, 1.165) is 40.8 Å². The molecular weight excluding hydrogens is 320 g/mol. The van der Waals surface area contributed by atoms with Crippen LogP contribution in [0.1, 0.15) is 37.5 Å². The largest absolute Gasteiger partial charge is 0.461 e. The maximum Gasteiger partial charge on any atom is 0.134 e. The van der Waals surface area contributed by atoms with Gasteiger partial charge in [-0.05, 0) is 61.7 Å². The third-order valence-corrected chi connectivity index (χ3v) is 5.50. The third kappa shape index (κ3) is 3.52. The molecule has 1 saturated heterocycles. The van der Waals surface area contributed by atoms with E-state index in [9.17, 15) is 0 Å². The van der Waals surface area contributed by atoms with Crippen LogP contribution in [0.2, 0.25) is 0 Å². The summed E-state index contributed by atoms with van der Waals surface area (Å²) in [6.07, 6.45) is 4.96. The Morgan fingerprint density at radius 2 is 1.88 bits per heavy atom. The van der Waals surface area contributed by atoms with E-state index in [1.54, 1.807) is 0 Å². The number of hydrogen-bond donors (Lipinski definition) is 0. The van der Waals surface area contributed by atoms with Crippen molar-refractivity contribution in [1.82, 2.24) is 4.90 Å². The van der Waals surface area contributed by atoms with E-state index in [1.165, 1.54) is 25.8 Å². The van der Waals surface area contributed by atoms with Crippen molar-refractivity contribution in [3.8, 4) is 17.2 Å². The van der Waals surface area contributed by atoms with Crippen LogP contribution >= 0.6 is 0 Å². The Labute approximate surface area is 154 Å². The fourth-order valence-corrected chi connectivity index (χ4v) is 3.87. The van der Waals surface area contributed by atoms with Gasteiger partial charge in [-0.2, -0.15) is 5.26 Å². The molecule has 2 heterocycles. The summed E-state index contributed by atoms with van der Waals surface area (Å²) in [5.41, 5.74) is 3.84. The molecule has 0 saturated carbocycles. The minimum absolute atomic E-state index is 0.682. The molecule has 132 valence electrons. The van der Waals surface area contributed by atoms with E-state index >= 15 is 0 Å². The Morgan fingerprint density at radius 3 is 2.65 bits per heavy atom. The van der Waals surface area contributed by atoms with Gasteiger partial charge in [-0.3, -0.25) is 0 Å². The molecule has 26 heavy (non-hydrogen) atoms. The molecule has 1 atom stereocenters. The Hall–Kier alpha value is -2.57. The van der Waals surface area contributed by atoms with Gasteiger partial charge in [0.15, 0.2) is 0 Å². The molecular formula is C23H24N2O. The van der Waals surface area contributed by atoms with Crippen LogP contribution in [0.4, 0.5) is 0 Å². The van der Waals surface area contributed by atoms with Crippen LogP contribution in [0.3, 0.4) is 0 Å². The van der Waals surface area contributed by atoms with E-state index in [2.05, 4.69) is 42.2 Å². The zero-order chi connectivity index (χ0) is 17.9. The standard InChI is InChI=1S/C23H24N2O/c1-17-4-2-3-12-25(17)13-11-22-14-21-10-9-20(15-23(21)26-22)19-7-5-18(16-24)6-8-19/h5-10,14-15,17H,2-4,11-13H2,1H3. The van der Waals surface area contributed by atoms with Gasteiger partial charge in [-0.25, -0.2) is 0 Å². The van der Waals surface area contributed by atoms with Crippen molar-refractivity contribution in [2.45, 2.75) is 38.6 Å². The number of fused-ring (bicyclic) bond motifs is 1. The number of benzene rings is 2. The molecule has 3 nitrogen and oxygen atoms in total. The van der Waals surface area contributed by atoms with Gasteiger partial charge in [0.25, 0.3) is 0 Å². The van der Waals surface area contributed by atoms with E-state index in [4.69, 9.17) is 9.68 Å². The van der Waals surface area contributed by atoms with Crippen molar-refractivity contribution < 1.29 is 4.42 Å². The number of nitrogens with zero attached hydrogens (tertiary/aromatic N) is 2. The fourth-order valence-electron chi connectivity index (χ4n) is 3.87. The molecule has 0 aliphatic carbocycles. The lowest BCUT2D eigenvalue weighted by Gasteiger charge is -2.32. The first-order valence-corrected chi connectivity index (χ1v) is 9.50. The van der Waals surface area contributed by atoms with Gasteiger partial charge < -0.3 is 9.32 Å². The molecule has 0 radical (unpaired) electrons. The number of likely N-dealkylation sites (tertiary alicyclic amines) is 1. The van der Waals surface area contributed by atoms with E-state index in [0.29, 0.717) is 11.6 Å². The lowest BCUT2D eigenvalue weighted by molar-refractivity contribution is 0.160. The van der Waals surface area contributed by atoms with Crippen molar-refractivity contribution in [3.05, 3.63) is 59.9 Å². The van der Waals surface area contributed by atoms with Crippen molar-refractivity contribution in [2.75, 3.05) is 13.1 Å². The van der Waals surface area contributed by atoms with Crippen LogP contribution in [0.15, 0.2) is 52.9 Å². The van der Waals surface area contributed by atoms with Gasteiger partial charge in [-0.1, -0.05) is 30.7 Å². The van der Waals surface area contributed by atoms with Gasteiger partial charge in [0.1, 0.15) is 11.3 Å². The van der Waals surface area contributed by atoms with E-state index in [-0.39, 0.29) is 0 Å². The predicted octanol–water partition coefficient (Wildman–Crippen LogP) is 5.39. The van der Waals surface area contributed by atoms with Gasteiger partial charge >= 0.3 is 0 Å². The van der Waals surface area contributed by atoms with E-state index in [1.807, 2.05) is 24.3 Å². The zero-order valence-electron chi connectivity index (χ0n) is 15.2. The smallest absolute Gasteiger partial charge is 0.134 e. The molecule has 1 aliphatic heterocycles. The highest BCUT2D eigenvalue weighted by molar-refractivity contribution is 5.83. The lowest BCUT2D eigenvalue weighted by atomic mass is 10.0. The van der Waals surface area contributed by atoms with Crippen molar-refractivity contribution in [3.63, 3.8) is 0 Å². The topological polar surface area (TPSA) is 40.2 Å². The Balaban J connectivity index is 1.51. The Bertz CT molecular complexity index is 933. The van der Waals surface area contributed by atoms with Crippen molar-refractivity contribution >= 4 is 11.0 Å². The lowest BCUT2D eigenvalue weighted by Crippen LogP contribution is -2.38. The fraction of sp³-hybridized carbons (Fsp3) is 0.348. The maximum absolute atomic E-state index is 8.94. The second-order valence-electron chi connectivity index (χ2n) is 7.29. The summed E-state index contributed by atoms with van der Waals surface area (Å²) < 4.78 is 6.12. The van der Waals surface area contributed by atoms with Crippen LogP contribution in [-0.4, -0.2) is 24.0 Å². The minimum Gasteiger partial charge on any atom is -0.461 e.